The topological polar surface area (TPSA) is 85.3 Å². The van der Waals surface area contributed by atoms with E-state index in [0.717, 1.165) is 18.7 Å². The van der Waals surface area contributed by atoms with Crippen LogP contribution in [0.2, 0.25) is 0 Å². The van der Waals surface area contributed by atoms with Crippen LogP contribution in [0, 0.1) is 0 Å². The van der Waals surface area contributed by atoms with Gasteiger partial charge in [-0.1, -0.05) is 6.92 Å². The lowest BCUT2D eigenvalue weighted by molar-refractivity contribution is -0.143. The molecule has 0 saturated heterocycles. The molecule has 0 bridgehead atoms. The molecule has 1 aromatic heterocycles. The van der Waals surface area contributed by atoms with Gasteiger partial charge in [-0.05, 0) is 13.5 Å². The number of imidazole rings is 1. The molecule has 0 aliphatic carbocycles. The molecule has 0 aliphatic heterocycles. The minimum atomic E-state index is -0.387. The fraction of sp³-hybridized carbons (Fsp3) is 0.643. The van der Waals surface area contributed by atoms with E-state index in [2.05, 4.69) is 15.6 Å². The maximum atomic E-state index is 11.5. The highest BCUT2D eigenvalue weighted by molar-refractivity contribution is 5.76. The lowest BCUT2D eigenvalue weighted by atomic mass is 10.2. The molecule has 7 heteroatoms. The molecule has 1 atom stereocenters. The van der Waals surface area contributed by atoms with E-state index in [-0.39, 0.29) is 17.9 Å². The van der Waals surface area contributed by atoms with Gasteiger partial charge in [0.1, 0.15) is 6.04 Å². The molecule has 1 amide bonds. The van der Waals surface area contributed by atoms with Crippen molar-refractivity contribution in [2.24, 2.45) is 0 Å². The number of aryl methyl sites for hydroxylation is 1. The van der Waals surface area contributed by atoms with Gasteiger partial charge in [0.25, 0.3) is 0 Å². The number of likely N-dealkylation sites (N-methyl/N-ethyl adjacent to an activating group) is 1. The summed E-state index contributed by atoms with van der Waals surface area (Å²) < 4.78 is 6.67. The highest BCUT2D eigenvalue weighted by Gasteiger charge is 2.18. The van der Waals surface area contributed by atoms with Gasteiger partial charge < -0.3 is 19.9 Å². The van der Waals surface area contributed by atoms with Crippen LogP contribution in [-0.2, 0) is 27.3 Å². The second-order valence-corrected chi connectivity index (χ2v) is 4.73. The molecule has 0 radical (unpaired) electrons. The van der Waals surface area contributed by atoms with Gasteiger partial charge in [-0.15, -0.1) is 0 Å². The molecule has 0 aliphatic rings. The Morgan fingerprint density at radius 2 is 2.24 bits per heavy atom. The van der Waals surface area contributed by atoms with Crippen molar-refractivity contribution in [1.29, 1.82) is 0 Å². The number of carbonyl (C=O) groups is 2. The number of amides is 1. The molecule has 1 rings (SSSR count). The van der Waals surface area contributed by atoms with Crippen molar-refractivity contribution < 1.29 is 14.3 Å². The van der Waals surface area contributed by atoms with E-state index in [4.69, 9.17) is 4.74 Å². The quantitative estimate of drug-likeness (QED) is 0.499. The van der Waals surface area contributed by atoms with E-state index in [0.29, 0.717) is 19.4 Å². The van der Waals surface area contributed by atoms with Crippen LogP contribution in [0.4, 0.5) is 0 Å². The van der Waals surface area contributed by atoms with Crippen LogP contribution in [0.1, 0.15) is 25.5 Å². The molecule has 21 heavy (non-hydrogen) atoms. The van der Waals surface area contributed by atoms with Crippen LogP contribution in [-0.4, -0.2) is 48.2 Å². The first-order valence-electron chi connectivity index (χ1n) is 7.13. The first-order chi connectivity index (χ1) is 10.1. The van der Waals surface area contributed by atoms with Crippen molar-refractivity contribution in [1.82, 2.24) is 20.2 Å². The van der Waals surface area contributed by atoms with Crippen molar-refractivity contribution >= 4 is 11.9 Å². The molecule has 0 fully saturated rings. The van der Waals surface area contributed by atoms with Gasteiger partial charge in [-0.3, -0.25) is 9.59 Å². The van der Waals surface area contributed by atoms with E-state index in [1.165, 1.54) is 7.11 Å². The summed E-state index contributed by atoms with van der Waals surface area (Å²) in [4.78, 5) is 26.9. The van der Waals surface area contributed by atoms with Crippen LogP contribution in [0.15, 0.2) is 12.5 Å². The summed E-state index contributed by atoms with van der Waals surface area (Å²) in [6.45, 7) is 3.26. The zero-order valence-corrected chi connectivity index (χ0v) is 12.9. The van der Waals surface area contributed by atoms with Crippen molar-refractivity contribution in [3.8, 4) is 0 Å². The zero-order chi connectivity index (χ0) is 15.7. The maximum absolute atomic E-state index is 11.5. The first kappa shape index (κ1) is 17.2. The normalized spacial score (nSPS) is 12.0. The molecule has 1 aromatic rings. The third-order valence-corrected chi connectivity index (χ3v) is 3.17. The molecule has 0 aromatic carbocycles. The average molecular weight is 296 g/mol. The molecule has 1 heterocycles. The van der Waals surface area contributed by atoms with Gasteiger partial charge in [0, 0.05) is 32.1 Å². The smallest absolute Gasteiger partial charge is 0.323 e. The number of nitrogens with zero attached hydrogens (tertiary/aromatic N) is 2. The Morgan fingerprint density at radius 3 is 2.86 bits per heavy atom. The molecule has 0 unspecified atom stereocenters. The van der Waals surface area contributed by atoms with Crippen LogP contribution < -0.4 is 10.6 Å². The van der Waals surface area contributed by atoms with Gasteiger partial charge in [-0.2, -0.15) is 0 Å². The Balaban J connectivity index is 2.38. The Morgan fingerprint density at radius 1 is 1.48 bits per heavy atom. The Hall–Kier alpha value is -1.89. The average Bonchev–Trinajstić information content (AvgIpc) is 2.95. The molecule has 7 nitrogen and oxygen atoms in total. The van der Waals surface area contributed by atoms with Crippen LogP contribution in [0.3, 0.4) is 0 Å². The zero-order valence-electron chi connectivity index (χ0n) is 12.9. The number of carbonyl (C=O) groups excluding carboxylic acids is 2. The number of aromatic nitrogens is 2. The van der Waals surface area contributed by atoms with Crippen molar-refractivity contribution in [3.05, 3.63) is 18.2 Å². The monoisotopic (exact) mass is 296 g/mol. The van der Waals surface area contributed by atoms with Gasteiger partial charge in [0.2, 0.25) is 5.91 Å². The summed E-state index contributed by atoms with van der Waals surface area (Å²) >= 11 is 0. The summed E-state index contributed by atoms with van der Waals surface area (Å²) in [6, 6.07) is -0.387. The highest BCUT2D eigenvalue weighted by atomic mass is 16.5. The molecule has 0 saturated carbocycles. The lowest BCUT2D eigenvalue weighted by Gasteiger charge is -2.11. The number of hydrogen-bond donors (Lipinski definition) is 2. The van der Waals surface area contributed by atoms with Crippen LogP contribution >= 0.6 is 0 Å². The van der Waals surface area contributed by atoms with Crippen molar-refractivity contribution in [2.75, 3.05) is 20.7 Å². The van der Waals surface area contributed by atoms with Crippen LogP contribution in [0.25, 0.3) is 0 Å². The number of nitrogens with one attached hydrogen (secondary N) is 2. The van der Waals surface area contributed by atoms with E-state index in [9.17, 15) is 9.59 Å². The van der Waals surface area contributed by atoms with Crippen molar-refractivity contribution in [3.63, 3.8) is 0 Å². The number of ether oxygens (including phenoxy) is 1. The summed E-state index contributed by atoms with van der Waals surface area (Å²) in [5.41, 5.74) is 0.831. The second-order valence-electron chi connectivity index (χ2n) is 4.73. The molecular weight excluding hydrogens is 272 g/mol. The van der Waals surface area contributed by atoms with E-state index >= 15 is 0 Å². The first-order valence-corrected chi connectivity index (χ1v) is 7.13. The molecule has 0 spiro atoms. The van der Waals surface area contributed by atoms with Crippen molar-refractivity contribution in [2.45, 2.75) is 38.8 Å². The number of hydrogen-bond acceptors (Lipinski definition) is 5. The van der Waals surface area contributed by atoms with Gasteiger partial charge in [-0.25, -0.2) is 4.98 Å². The SMILES string of the molecule is CCC(=O)NCCCn1cnc(C[C@H](NC)C(=O)OC)c1. The lowest BCUT2D eigenvalue weighted by Crippen LogP contribution is -2.37. The molecule has 118 valence electrons. The van der Waals surface area contributed by atoms with Gasteiger partial charge in [0.15, 0.2) is 0 Å². The number of esters is 1. The van der Waals surface area contributed by atoms with E-state index in [1.54, 1.807) is 13.4 Å². The maximum Gasteiger partial charge on any atom is 0.323 e. The van der Waals surface area contributed by atoms with E-state index in [1.807, 2.05) is 17.7 Å². The summed E-state index contributed by atoms with van der Waals surface area (Å²) in [5.74, 6) is -0.231. The van der Waals surface area contributed by atoms with Crippen LogP contribution in [0.5, 0.6) is 0 Å². The third kappa shape index (κ3) is 5.95. The molecule has 2 N–H and O–H groups in total. The summed E-state index contributed by atoms with van der Waals surface area (Å²) in [6.07, 6.45) is 5.49. The fourth-order valence-corrected chi connectivity index (χ4v) is 1.90. The van der Waals surface area contributed by atoms with Gasteiger partial charge in [0.05, 0.1) is 19.1 Å². The highest BCUT2D eigenvalue weighted by Crippen LogP contribution is 2.03. The predicted octanol–water partition coefficient (Wildman–Crippen LogP) is 0.103. The minimum absolute atomic E-state index is 0.0660. The van der Waals surface area contributed by atoms with E-state index < -0.39 is 0 Å². The Bertz CT molecular complexity index is 459. The van der Waals surface area contributed by atoms with Gasteiger partial charge >= 0.3 is 5.97 Å². The Labute approximate surface area is 125 Å². The predicted molar refractivity (Wildman–Crippen MR) is 78.7 cm³/mol. The Kier molecular flexibility index (Phi) is 7.45. The standard InChI is InChI=1S/C14H24N4O3/c1-4-13(19)16-6-5-7-18-9-11(17-10-18)8-12(15-2)14(20)21-3/h9-10,12,15H,4-8H2,1-3H3,(H,16,19)/t12-/m0/s1. The third-order valence-electron chi connectivity index (χ3n) is 3.17. The fourth-order valence-electron chi connectivity index (χ4n) is 1.90. The molecular formula is C14H24N4O3. The summed E-state index contributed by atoms with van der Waals surface area (Å²) in [7, 11) is 3.09. The summed E-state index contributed by atoms with van der Waals surface area (Å²) in [5, 5.41) is 5.74. The number of methoxy groups -OCH3 is 1. The minimum Gasteiger partial charge on any atom is -0.468 e. The second kappa shape index (κ2) is 9.12. The largest absolute Gasteiger partial charge is 0.468 e. The number of rotatable bonds is 9.